The van der Waals surface area contributed by atoms with Gasteiger partial charge >= 0.3 is 17.9 Å². The fourth-order valence-corrected chi connectivity index (χ4v) is 11.8. The number of halogens is 3. The Bertz CT molecular complexity index is 1480. The van der Waals surface area contributed by atoms with Crippen LogP contribution in [-0.2, 0) is 24.3 Å². The van der Waals surface area contributed by atoms with E-state index in [0.29, 0.717) is 35.5 Å². The summed E-state index contributed by atoms with van der Waals surface area (Å²) >= 11 is 0. The molecule has 1 N–H and O–H groups in total. The minimum Gasteiger partial charge on any atom is -0.463 e. The Kier molecular flexibility index (Phi) is 11.1. The summed E-state index contributed by atoms with van der Waals surface area (Å²) in [4.78, 5) is 12.8. The number of fused-ring (bicyclic) bond motifs is 5. The van der Waals surface area contributed by atoms with Gasteiger partial charge in [0.15, 0.2) is 0 Å². The molecule has 0 bridgehead atoms. The van der Waals surface area contributed by atoms with Gasteiger partial charge in [-0.1, -0.05) is 83.2 Å². The van der Waals surface area contributed by atoms with Gasteiger partial charge in [-0.2, -0.15) is 17.9 Å². The maximum atomic E-state index is 15.0. The predicted molar refractivity (Wildman–Crippen MR) is 185 cm³/mol. The fraction of sp³-hybridized carbons (Fsp3) is 0.769. The van der Waals surface area contributed by atoms with Crippen molar-refractivity contribution >= 4 is 16.0 Å². The number of benzene rings is 1. The second-order valence-corrected chi connectivity index (χ2v) is 18.3. The van der Waals surface area contributed by atoms with Crippen molar-refractivity contribution in [2.45, 2.75) is 142 Å². The maximum Gasteiger partial charge on any atom is 0.443 e. The van der Waals surface area contributed by atoms with Gasteiger partial charge in [-0.3, -0.25) is 0 Å². The molecule has 0 amide bonds. The number of hydrogen-bond acceptors (Lipinski definition) is 5. The largest absolute Gasteiger partial charge is 0.463 e. The number of sulfonamides is 1. The molecule has 4 aliphatic carbocycles. The van der Waals surface area contributed by atoms with Crippen molar-refractivity contribution in [2.75, 3.05) is 6.61 Å². The molecule has 4 aliphatic rings. The Hall–Kier alpha value is -1.91. The Morgan fingerprint density at radius 3 is 2.31 bits per heavy atom. The van der Waals surface area contributed by atoms with Crippen molar-refractivity contribution in [3.63, 3.8) is 0 Å². The fourth-order valence-electron chi connectivity index (χ4n) is 10.6. The first-order chi connectivity index (χ1) is 22.9. The molecule has 276 valence electrons. The van der Waals surface area contributed by atoms with Crippen LogP contribution in [0.15, 0.2) is 40.8 Å². The zero-order chi connectivity index (χ0) is 36.0. The molecular weight excluding hydrogens is 651 g/mol. The first kappa shape index (κ1) is 38.3. The smallest absolute Gasteiger partial charge is 0.443 e. The van der Waals surface area contributed by atoms with Crippen molar-refractivity contribution in [1.29, 1.82) is 0 Å². The van der Waals surface area contributed by atoms with Crippen LogP contribution in [0.5, 0.6) is 0 Å². The number of carbonyl (C=O) groups is 1. The highest BCUT2D eigenvalue weighted by atomic mass is 32.2. The van der Waals surface area contributed by atoms with Gasteiger partial charge in [-0.05, 0) is 124 Å². The van der Waals surface area contributed by atoms with Crippen molar-refractivity contribution in [1.82, 2.24) is 4.72 Å². The summed E-state index contributed by atoms with van der Waals surface area (Å²) in [6, 6.07) is 5.36. The Labute approximate surface area is 292 Å². The molecule has 0 aliphatic heterocycles. The van der Waals surface area contributed by atoms with Gasteiger partial charge in [0.25, 0.3) is 0 Å². The lowest BCUT2D eigenvalue weighted by Crippen LogP contribution is -2.67. The van der Waals surface area contributed by atoms with Gasteiger partial charge < -0.3 is 9.47 Å². The van der Waals surface area contributed by atoms with Crippen LogP contribution in [0.3, 0.4) is 0 Å². The van der Waals surface area contributed by atoms with E-state index in [0.717, 1.165) is 42.2 Å². The topological polar surface area (TPSA) is 81.7 Å². The summed E-state index contributed by atoms with van der Waals surface area (Å²) in [5.74, 6) is 2.05. The van der Waals surface area contributed by atoms with Crippen LogP contribution in [0.4, 0.5) is 13.2 Å². The van der Waals surface area contributed by atoms with Crippen LogP contribution in [0.2, 0.25) is 0 Å². The van der Waals surface area contributed by atoms with E-state index in [2.05, 4.69) is 34.6 Å². The molecular formula is C39H58F3NO5S. The summed E-state index contributed by atoms with van der Waals surface area (Å²) < 4.78 is 83.9. The molecule has 49 heavy (non-hydrogen) atoms. The minimum absolute atomic E-state index is 0.169. The average Bonchev–Trinajstić information content (AvgIpc) is 3.37. The molecule has 1 aromatic rings. The third kappa shape index (κ3) is 7.26. The number of allylic oxidation sites excluding steroid dienone is 1. The SMILES string of the molecule is CCOC(=O)[C@](NS(=O)(=O)c1ccc(C)cc1)(O[C@@H]1C=C2CC[C@H]3[C@H]4CC[C@H]([C@H](C)CCCC(C)C)[C@@]4(C)CC[C@H]3[C@@]2(C)CC1)C(F)(F)F. The molecule has 0 heterocycles. The first-order valence-corrected chi connectivity index (χ1v) is 20.1. The van der Waals surface area contributed by atoms with Gasteiger partial charge in [-0.15, -0.1) is 0 Å². The molecule has 3 saturated carbocycles. The quantitative estimate of drug-likeness (QED) is 0.133. The summed E-state index contributed by atoms with van der Waals surface area (Å²) in [5.41, 5.74) is -1.94. The summed E-state index contributed by atoms with van der Waals surface area (Å²) in [5, 5.41) is 0. The zero-order valence-corrected chi connectivity index (χ0v) is 31.3. The molecule has 0 unspecified atom stereocenters. The highest BCUT2D eigenvalue weighted by Gasteiger charge is 2.67. The third-order valence-corrected chi connectivity index (χ3v) is 14.6. The van der Waals surface area contributed by atoms with Gasteiger partial charge in [0.05, 0.1) is 17.6 Å². The molecule has 6 nitrogen and oxygen atoms in total. The summed E-state index contributed by atoms with van der Waals surface area (Å²) in [6.07, 6.45) is 6.52. The highest BCUT2D eigenvalue weighted by molar-refractivity contribution is 7.89. The number of rotatable bonds is 12. The van der Waals surface area contributed by atoms with Crippen LogP contribution in [-0.4, -0.2) is 39.0 Å². The molecule has 9 atom stereocenters. The normalized spacial score (nSPS) is 33.5. The molecule has 3 fully saturated rings. The van der Waals surface area contributed by atoms with Crippen LogP contribution in [0.1, 0.15) is 118 Å². The van der Waals surface area contributed by atoms with E-state index in [1.54, 1.807) is 17.7 Å². The van der Waals surface area contributed by atoms with Crippen LogP contribution >= 0.6 is 0 Å². The molecule has 10 heteroatoms. The monoisotopic (exact) mass is 709 g/mol. The number of aryl methyl sites for hydroxylation is 1. The zero-order valence-electron chi connectivity index (χ0n) is 30.5. The molecule has 0 aromatic heterocycles. The van der Waals surface area contributed by atoms with E-state index in [-0.39, 0.29) is 18.4 Å². The van der Waals surface area contributed by atoms with Crippen LogP contribution in [0.25, 0.3) is 0 Å². The van der Waals surface area contributed by atoms with E-state index < -0.39 is 38.9 Å². The van der Waals surface area contributed by atoms with E-state index in [4.69, 9.17) is 9.47 Å². The van der Waals surface area contributed by atoms with Gasteiger partial charge in [0.1, 0.15) is 0 Å². The second kappa shape index (κ2) is 14.3. The van der Waals surface area contributed by atoms with Gasteiger partial charge in [0.2, 0.25) is 10.0 Å². The molecule has 0 spiro atoms. The van der Waals surface area contributed by atoms with Gasteiger partial charge in [-0.25, -0.2) is 13.2 Å². The standard InChI is InChI=1S/C39H58F3NO5S/c1-8-47-35(44)38(39(40,41)42,43-49(45,46)30-15-12-26(4)13-16-30)48-29-20-22-36(6)28(24-29)14-17-31-33-19-18-32(27(5)11-9-10-25(2)3)37(33,7)23-21-34(31)36/h12-13,15-16,24-25,27,29,31-34,43H,8-11,14,17-23H2,1-7H3/t27-,29+,31+,32-,33-,34-,36+,37-,38+/m1/s1. The lowest BCUT2D eigenvalue weighted by Gasteiger charge is -2.59. The Morgan fingerprint density at radius 1 is 0.980 bits per heavy atom. The number of ether oxygens (including phenoxy) is 2. The lowest BCUT2D eigenvalue weighted by molar-refractivity contribution is -0.290. The maximum absolute atomic E-state index is 15.0. The lowest BCUT2D eigenvalue weighted by atomic mass is 9.46. The number of hydrogen-bond donors (Lipinski definition) is 1. The predicted octanol–water partition coefficient (Wildman–Crippen LogP) is 9.52. The van der Waals surface area contributed by atoms with Crippen molar-refractivity contribution < 1.29 is 35.9 Å². The van der Waals surface area contributed by atoms with E-state index in [1.807, 2.05) is 0 Å². The summed E-state index contributed by atoms with van der Waals surface area (Å²) in [7, 11) is -4.83. The van der Waals surface area contributed by atoms with E-state index in [9.17, 15) is 13.2 Å². The number of nitrogens with one attached hydrogen (secondary N) is 1. The average molecular weight is 710 g/mol. The van der Waals surface area contributed by atoms with Crippen molar-refractivity contribution in [3.05, 3.63) is 41.5 Å². The third-order valence-electron chi connectivity index (χ3n) is 13.2. The van der Waals surface area contributed by atoms with Crippen molar-refractivity contribution in [3.8, 4) is 0 Å². The Morgan fingerprint density at radius 2 is 1.67 bits per heavy atom. The second-order valence-electron chi connectivity index (χ2n) is 16.6. The highest BCUT2D eigenvalue weighted by Crippen LogP contribution is 2.68. The molecule has 0 saturated heterocycles. The Balaban J connectivity index is 1.38. The van der Waals surface area contributed by atoms with Gasteiger partial charge in [0, 0.05) is 0 Å². The van der Waals surface area contributed by atoms with Crippen molar-refractivity contribution in [2.24, 2.45) is 46.3 Å². The number of carbonyl (C=O) groups excluding carboxylic acids is 1. The first-order valence-electron chi connectivity index (χ1n) is 18.6. The number of esters is 1. The van der Waals surface area contributed by atoms with E-state index >= 15 is 13.2 Å². The minimum atomic E-state index is -5.44. The molecule has 0 radical (unpaired) electrons. The van der Waals surface area contributed by atoms with E-state index in [1.165, 1.54) is 69.7 Å². The van der Waals surface area contributed by atoms with Crippen LogP contribution in [0, 0.1) is 53.3 Å². The van der Waals surface area contributed by atoms with Crippen LogP contribution < -0.4 is 4.72 Å². The molecule has 5 rings (SSSR count). The molecule has 1 aromatic carbocycles. The summed E-state index contributed by atoms with van der Waals surface area (Å²) in [6.45, 7) is 14.6. The number of alkyl halides is 3.